The fourth-order valence-corrected chi connectivity index (χ4v) is 4.03. The largest absolute Gasteiger partial charge is 0.332 e. The van der Waals surface area contributed by atoms with Gasteiger partial charge in [-0.3, -0.25) is 9.52 Å². The number of nitrogens with one attached hydrogen (secondary N) is 3. The molecule has 1 aliphatic rings. The van der Waals surface area contributed by atoms with E-state index in [-0.39, 0.29) is 21.8 Å². The van der Waals surface area contributed by atoms with E-state index < -0.39 is 10.0 Å². The number of amides is 1. The first-order chi connectivity index (χ1) is 12.8. The molecule has 0 atom stereocenters. The van der Waals surface area contributed by atoms with Crippen LogP contribution in [-0.4, -0.2) is 19.4 Å². The van der Waals surface area contributed by atoms with Crippen LogP contribution in [0, 0.1) is 19.8 Å². The van der Waals surface area contributed by atoms with Gasteiger partial charge in [-0.15, -0.1) is 0 Å². The third kappa shape index (κ3) is 4.84. The Hall–Kier alpha value is -2.45. The van der Waals surface area contributed by atoms with E-state index >= 15 is 0 Å². The number of sulfonamides is 1. The van der Waals surface area contributed by atoms with Gasteiger partial charge >= 0.3 is 0 Å². The van der Waals surface area contributed by atoms with Crippen molar-refractivity contribution in [2.45, 2.75) is 31.6 Å². The molecule has 3 rings (SSSR count). The average Bonchev–Trinajstić information content (AvgIpc) is 3.44. The van der Waals surface area contributed by atoms with Gasteiger partial charge in [0.2, 0.25) is 5.91 Å². The van der Waals surface area contributed by atoms with Gasteiger partial charge in [0.25, 0.3) is 10.0 Å². The third-order valence-electron chi connectivity index (χ3n) is 4.32. The lowest BCUT2D eigenvalue weighted by atomic mass is 10.1. The van der Waals surface area contributed by atoms with Crippen LogP contribution < -0.4 is 15.4 Å². The molecule has 1 amide bonds. The van der Waals surface area contributed by atoms with E-state index in [1.54, 1.807) is 12.1 Å². The molecule has 3 N–H and O–H groups in total. The minimum atomic E-state index is -3.71. The summed E-state index contributed by atoms with van der Waals surface area (Å²) in [5.74, 6) is -0.0160. The molecule has 1 saturated carbocycles. The number of hydrogen-bond acceptors (Lipinski definition) is 4. The predicted molar refractivity (Wildman–Crippen MR) is 110 cm³/mol. The van der Waals surface area contributed by atoms with E-state index in [1.165, 1.54) is 12.1 Å². The molecule has 0 aliphatic heterocycles. The highest BCUT2D eigenvalue weighted by molar-refractivity contribution is 7.92. The summed E-state index contributed by atoms with van der Waals surface area (Å²) >= 11 is 5.11. The maximum absolute atomic E-state index is 12.7. The van der Waals surface area contributed by atoms with Crippen LogP contribution in [0.15, 0.2) is 47.4 Å². The highest BCUT2D eigenvalue weighted by Gasteiger charge is 2.30. The number of hydrogen-bond donors (Lipinski definition) is 3. The van der Waals surface area contributed by atoms with E-state index in [1.807, 2.05) is 32.0 Å². The van der Waals surface area contributed by atoms with E-state index in [0.717, 1.165) is 24.0 Å². The topological polar surface area (TPSA) is 87.3 Å². The molecule has 6 nitrogen and oxygen atoms in total. The predicted octanol–water partition coefficient (Wildman–Crippen LogP) is 3.33. The van der Waals surface area contributed by atoms with Crippen molar-refractivity contribution >= 4 is 44.6 Å². The van der Waals surface area contributed by atoms with Crippen LogP contribution >= 0.6 is 12.2 Å². The molecule has 0 saturated heterocycles. The smallest absolute Gasteiger partial charge is 0.261 e. The number of rotatable bonds is 5. The molecule has 142 valence electrons. The van der Waals surface area contributed by atoms with Gasteiger partial charge < -0.3 is 10.6 Å². The normalized spacial score (nSPS) is 13.7. The Morgan fingerprint density at radius 3 is 2.19 bits per heavy atom. The quantitative estimate of drug-likeness (QED) is 0.667. The highest BCUT2D eigenvalue weighted by Crippen LogP contribution is 2.28. The second kappa shape index (κ2) is 7.66. The van der Waals surface area contributed by atoms with Gasteiger partial charge in [-0.05, 0) is 74.3 Å². The molecule has 1 fully saturated rings. The number of carbonyl (C=O) groups excluding carboxylic acids is 1. The minimum absolute atomic E-state index is 0.0632. The van der Waals surface area contributed by atoms with Crippen molar-refractivity contribution in [1.29, 1.82) is 0 Å². The molecule has 0 aromatic heterocycles. The van der Waals surface area contributed by atoms with Gasteiger partial charge in [-0.1, -0.05) is 18.2 Å². The van der Waals surface area contributed by atoms with Gasteiger partial charge in [-0.25, -0.2) is 8.42 Å². The van der Waals surface area contributed by atoms with Gasteiger partial charge in [0.05, 0.1) is 10.6 Å². The molecule has 0 bridgehead atoms. The van der Waals surface area contributed by atoms with E-state index in [2.05, 4.69) is 15.4 Å². The SMILES string of the molecule is Cc1cccc(C)c1NS(=O)(=O)c1ccc(NC(=S)NC(=O)C2CC2)cc1. The molecule has 1 aliphatic carbocycles. The van der Waals surface area contributed by atoms with Gasteiger partial charge in [-0.2, -0.15) is 0 Å². The van der Waals surface area contributed by atoms with E-state index in [4.69, 9.17) is 12.2 Å². The van der Waals surface area contributed by atoms with Gasteiger partial charge in [0.15, 0.2) is 5.11 Å². The zero-order chi connectivity index (χ0) is 19.6. The lowest BCUT2D eigenvalue weighted by molar-refractivity contribution is -0.120. The summed E-state index contributed by atoms with van der Waals surface area (Å²) < 4.78 is 28.0. The maximum Gasteiger partial charge on any atom is 0.261 e. The lowest BCUT2D eigenvalue weighted by Crippen LogP contribution is -2.35. The van der Waals surface area contributed by atoms with Crippen molar-refractivity contribution in [1.82, 2.24) is 5.32 Å². The Morgan fingerprint density at radius 1 is 1.04 bits per heavy atom. The summed E-state index contributed by atoms with van der Waals surface area (Å²) in [7, 11) is -3.71. The standard InChI is InChI=1S/C19H21N3O3S2/c1-12-4-3-5-13(2)17(12)22-27(24,25)16-10-8-15(9-11-16)20-19(26)21-18(23)14-6-7-14/h3-5,8-11,14,22H,6-7H2,1-2H3,(H2,20,21,23,26). The van der Waals surface area contributed by atoms with Crippen LogP contribution in [-0.2, 0) is 14.8 Å². The van der Waals surface area contributed by atoms with Crippen LogP contribution in [0.2, 0.25) is 0 Å². The zero-order valence-corrected chi connectivity index (χ0v) is 16.7. The number of aryl methyl sites for hydroxylation is 2. The number of benzene rings is 2. The first-order valence-corrected chi connectivity index (χ1v) is 10.5. The molecule has 8 heteroatoms. The highest BCUT2D eigenvalue weighted by atomic mass is 32.2. The summed E-state index contributed by atoms with van der Waals surface area (Å²) in [5, 5.41) is 5.72. The fourth-order valence-electron chi connectivity index (χ4n) is 2.61. The molecular formula is C19H21N3O3S2. The molecule has 0 radical (unpaired) electrons. The van der Waals surface area contributed by atoms with Gasteiger partial charge in [0, 0.05) is 11.6 Å². The van der Waals surface area contributed by atoms with Crippen LogP contribution in [0.3, 0.4) is 0 Å². The number of thiocarbonyl (C=S) groups is 1. The van der Waals surface area contributed by atoms with Crippen LogP contribution in [0.1, 0.15) is 24.0 Å². The van der Waals surface area contributed by atoms with Crippen molar-refractivity contribution < 1.29 is 13.2 Å². The summed E-state index contributed by atoms with van der Waals surface area (Å²) in [6.07, 6.45) is 1.79. The second-order valence-corrected chi connectivity index (χ2v) is 8.70. The zero-order valence-electron chi connectivity index (χ0n) is 15.1. The number of anilines is 2. The summed E-state index contributed by atoms with van der Waals surface area (Å²) in [6, 6.07) is 11.8. The Morgan fingerprint density at radius 2 is 1.63 bits per heavy atom. The van der Waals surface area contributed by atoms with Gasteiger partial charge in [0.1, 0.15) is 0 Å². The fraction of sp³-hybridized carbons (Fsp3) is 0.263. The Balaban J connectivity index is 1.68. The molecule has 0 spiro atoms. The monoisotopic (exact) mass is 403 g/mol. The van der Waals surface area contributed by atoms with Crippen molar-refractivity contribution in [3.63, 3.8) is 0 Å². The van der Waals surface area contributed by atoms with E-state index in [0.29, 0.717) is 11.4 Å². The van der Waals surface area contributed by atoms with Crippen LogP contribution in [0.4, 0.5) is 11.4 Å². The summed E-state index contributed by atoms with van der Waals surface area (Å²) in [4.78, 5) is 11.8. The lowest BCUT2D eigenvalue weighted by Gasteiger charge is -2.14. The molecule has 2 aromatic rings. The van der Waals surface area contributed by atoms with E-state index in [9.17, 15) is 13.2 Å². The summed E-state index contributed by atoms with van der Waals surface area (Å²) in [6.45, 7) is 3.71. The number of carbonyl (C=O) groups is 1. The molecule has 0 unspecified atom stereocenters. The van der Waals surface area contributed by atoms with Crippen LogP contribution in [0.5, 0.6) is 0 Å². The van der Waals surface area contributed by atoms with Crippen molar-refractivity contribution in [2.24, 2.45) is 5.92 Å². The average molecular weight is 404 g/mol. The molecule has 27 heavy (non-hydrogen) atoms. The molecular weight excluding hydrogens is 382 g/mol. The molecule has 2 aromatic carbocycles. The van der Waals surface area contributed by atoms with Crippen molar-refractivity contribution in [2.75, 3.05) is 10.0 Å². The first kappa shape index (κ1) is 19.3. The van der Waals surface area contributed by atoms with Crippen molar-refractivity contribution in [3.8, 4) is 0 Å². The maximum atomic E-state index is 12.7. The molecule has 0 heterocycles. The Bertz CT molecular complexity index is 962. The number of para-hydroxylation sites is 1. The third-order valence-corrected chi connectivity index (χ3v) is 5.89. The second-order valence-electron chi connectivity index (χ2n) is 6.61. The van der Waals surface area contributed by atoms with Crippen LogP contribution in [0.25, 0.3) is 0 Å². The van der Waals surface area contributed by atoms with Crippen molar-refractivity contribution in [3.05, 3.63) is 53.6 Å². The summed E-state index contributed by atoms with van der Waals surface area (Å²) in [5.41, 5.74) is 2.90. The Labute approximate surface area is 164 Å². The minimum Gasteiger partial charge on any atom is -0.332 e. The first-order valence-electron chi connectivity index (χ1n) is 8.57. The Kier molecular flexibility index (Phi) is 5.48.